The maximum absolute atomic E-state index is 13.0. The monoisotopic (exact) mass is 409 g/mol. The van der Waals surface area contributed by atoms with E-state index in [1.54, 1.807) is 10.7 Å². The fraction of sp³-hybridized carbons (Fsp3) is 0.273. The molecule has 0 radical (unpaired) electrons. The van der Waals surface area contributed by atoms with Crippen LogP contribution in [0, 0.1) is 27.7 Å². The molecule has 3 aromatic rings. The predicted molar refractivity (Wildman–Crippen MR) is 113 cm³/mol. The van der Waals surface area contributed by atoms with Crippen LogP contribution < -0.4 is 5.32 Å². The zero-order chi connectivity index (χ0) is 20.9. The van der Waals surface area contributed by atoms with Crippen molar-refractivity contribution < 1.29 is 13.2 Å². The summed E-state index contributed by atoms with van der Waals surface area (Å²) >= 11 is 0. The van der Waals surface area contributed by atoms with Crippen molar-refractivity contribution >= 4 is 21.6 Å². The average molecular weight is 410 g/mol. The number of carbonyl (C=O) groups excluding carboxylic acids is 1. The Kier molecular flexibility index (Phi) is 4.58. The number of rotatable bonds is 3. The highest BCUT2D eigenvalue weighted by Crippen LogP contribution is 2.34. The molecule has 0 bridgehead atoms. The molecular weight excluding hydrogens is 386 g/mol. The van der Waals surface area contributed by atoms with Crippen LogP contribution in [0.4, 0.5) is 5.82 Å². The lowest BCUT2D eigenvalue weighted by atomic mass is 10.1. The van der Waals surface area contributed by atoms with Crippen LogP contribution in [0.2, 0.25) is 0 Å². The van der Waals surface area contributed by atoms with Crippen molar-refractivity contribution in [2.75, 3.05) is 5.32 Å². The molecule has 7 heteroatoms. The van der Waals surface area contributed by atoms with Crippen LogP contribution in [0.5, 0.6) is 0 Å². The molecule has 0 unspecified atom stereocenters. The Hall–Kier alpha value is -2.93. The topological polar surface area (TPSA) is 81.1 Å². The van der Waals surface area contributed by atoms with E-state index < -0.39 is 9.84 Å². The molecule has 1 aromatic heterocycles. The van der Waals surface area contributed by atoms with Crippen molar-refractivity contribution in [2.45, 2.75) is 39.2 Å². The number of hydrogen-bond acceptors (Lipinski definition) is 4. The smallest absolute Gasteiger partial charge is 0.256 e. The Morgan fingerprint density at radius 3 is 2.41 bits per heavy atom. The van der Waals surface area contributed by atoms with Crippen LogP contribution in [-0.2, 0) is 21.3 Å². The molecule has 6 nitrogen and oxygen atoms in total. The molecule has 0 atom stereocenters. The minimum Gasteiger partial charge on any atom is -0.306 e. The zero-order valence-corrected chi connectivity index (χ0v) is 17.7. The minimum atomic E-state index is -3.24. The number of amides is 1. The zero-order valence-electron chi connectivity index (χ0n) is 16.9. The third-order valence-corrected chi connectivity index (χ3v) is 6.81. The number of benzene rings is 2. The molecular formula is C22H23N3O3S. The van der Waals surface area contributed by atoms with Gasteiger partial charge in [-0.3, -0.25) is 4.79 Å². The van der Waals surface area contributed by atoms with Gasteiger partial charge in [0.1, 0.15) is 5.82 Å². The number of nitrogens with one attached hydrogen (secondary N) is 1. The first-order valence-corrected chi connectivity index (χ1v) is 11.2. The highest BCUT2D eigenvalue weighted by molar-refractivity contribution is 7.90. The highest BCUT2D eigenvalue weighted by Gasteiger charge is 2.33. The van der Waals surface area contributed by atoms with Gasteiger partial charge in [0, 0.05) is 11.1 Å². The summed E-state index contributed by atoms with van der Waals surface area (Å²) in [6.07, 6.45) is 0. The van der Waals surface area contributed by atoms with Crippen LogP contribution in [0.3, 0.4) is 0 Å². The van der Waals surface area contributed by atoms with Crippen LogP contribution in [0.25, 0.3) is 5.69 Å². The quantitative estimate of drug-likeness (QED) is 0.714. The van der Waals surface area contributed by atoms with E-state index in [2.05, 4.69) is 10.4 Å². The van der Waals surface area contributed by atoms with Crippen molar-refractivity contribution in [1.29, 1.82) is 0 Å². The first-order valence-electron chi connectivity index (χ1n) is 9.42. The molecule has 2 aromatic carbocycles. The lowest BCUT2D eigenvalue weighted by molar-refractivity contribution is 0.102. The molecule has 0 saturated carbocycles. The van der Waals surface area contributed by atoms with E-state index in [1.807, 2.05) is 58.0 Å². The SMILES string of the molecule is Cc1ccc(-n2nc3c(c2NC(=O)c2ccc(C)c(C)c2)CS(=O)(=O)C3)c(C)c1. The van der Waals surface area contributed by atoms with Crippen LogP contribution >= 0.6 is 0 Å². The number of carbonyl (C=O) groups is 1. The molecule has 0 spiro atoms. The Bertz CT molecular complexity index is 1260. The van der Waals surface area contributed by atoms with E-state index in [0.29, 0.717) is 22.6 Å². The molecule has 0 fully saturated rings. The first kappa shape index (κ1) is 19.4. The van der Waals surface area contributed by atoms with Gasteiger partial charge in [-0.1, -0.05) is 23.8 Å². The summed E-state index contributed by atoms with van der Waals surface area (Å²) in [6, 6.07) is 11.5. The third-order valence-electron chi connectivity index (χ3n) is 5.37. The van der Waals surface area contributed by atoms with Gasteiger partial charge in [0.05, 0.1) is 22.9 Å². The van der Waals surface area contributed by atoms with E-state index in [-0.39, 0.29) is 17.4 Å². The fourth-order valence-corrected chi connectivity index (χ4v) is 5.14. The largest absolute Gasteiger partial charge is 0.306 e. The molecule has 2 heterocycles. The summed E-state index contributed by atoms with van der Waals surface area (Å²) in [5.41, 5.74) is 6.66. The van der Waals surface area contributed by atoms with Gasteiger partial charge in [-0.05, 0) is 62.6 Å². The number of aromatic nitrogens is 2. The number of hydrogen-bond donors (Lipinski definition) is 1. The van der Waals surface area contributed by atoms with Crippen LogP contribution in [-0.4, -0.2) is 24.1 Å². The van der Waals surface area contributed by atoms with E-state index in [4.69, 9.17) is 0 Å². The molecule has 1 N–H and O–H groups in total. The van der Waals surface area contributed by atoms with E-state index in [1.165, 1.54) is 0 Å². The Labute approximate surface area is 170 Å². The van der Waals surface area contributed by atoms with Gasteiger partial charge in [-0.15, -0.1) is 0 Å². The van der Waals surface area contributed by atoms with Crippen LogP contribution in [0.1, 0.15) is 43.9 Å². The molecule has 0 aliphatic carbocycles. The second-order valence-electron chi connectivity index (χ2n) is 7.76. The van der Waals surface area contributed by atoms with Gasteiger partial charge in [-0.25, -0.2) is 13.1 Å². The Balaban J connectivity index is 1.80. The number of fused-ring (bicyclic) bond motifs is 1. The Morgan fingerprint density at radius 2 is 1.72 bits per heavy atom. The number of aryl methyl sites for hydroxylation is 4. The number of anilines is 1. The van der Waals surface area contributed by atoms with Gasteiger partial charge < -0.3 is 5.32 Å². The van der Waals surface area contributed by atoms with E-state index in [9.17, 15) is 13.2 Å². The van der Waals surface area contributed by atoms with Crippen molar-refractivity contribution in [2.24, 2.45) is 0 Å². The van der Waals surface area contributed by atoms with E-state index in [0.717, 1.165) is 27.9 Å². The van der Waals surface area contributed by atoms with Gasteiger partial charge in [0.15, 0.2) is 9.84 Å². The maximum atomic E-state index is 13.0. The van der Waals surface area contributed by atoms with Gasteiger partial charge in [0.2, 0.25) is 0 Å². The van der Waals surface area contributed by atoms with Crippen LogP contribution in [0.15, 0.2) is 36.4 Å². The lowest BCUT2D eigenvalue weighted by Gasteiger charge is -2.14. The van der Waals surface area contributed by atoms with E-state index >= 15 is 0 Å². The summed E-state index contributed by atoms with van der Waals surface area (Å²) < 4.78 is 25.9. The second kappa shape index (κ2) is 6.84. The normalized spacial score (nSPS) is 14.6. The Morgan fingerprint density at radius 1 is 0.966 bits per heavy atom. The molecule has 29 heavy (non-hydrogen) atoms. The molecule has 1 aliphatic rings. The summed E-state index contributed by atoms with van der Waals surface area (Å²) in [7, 11) is -3.24. The van der Waals surface area contributed by atoms with Crippen molar-refractivity contribution in [3.05, 3.63) is 75.5 Å². The van der Waals surface area contributed by atoms with Crippen molar-refractivity contribution in [1.82, 2.24) is 9.78 Å². The number of sulfone groups is 1. The number of nitrogens with zero attached hydrogens (tertiary/aromatic N) is 2. The average Bonchev–Trinajstić information content (AvgIpc) is 3.10. The molecule has 1 aliphatic heterocycles. The van der Waals surface area contributed by atoms with Crippen molar-refractivity contribution in [3.63, 3.8) is 0 Å². The predicted octanol–water partition coefficient (Wildman–Crippen LogP) is 3.79. The summed E-state index contributed by atoms with van der Waals surface area (Å²) in [5, 5.41) is 7.48. The second-order valence-corrected chi connectivity index (χ2v) is 9.83. The lowest BCUT2D eigenvalue weighted by Crippen LogP contribution is -2.17. The van der Waals surface area contributed by atoms with Gasteiger partial charge in [-0.2, -0.15) is 5.10 Å². The summed E-state index contributed by atoms with van der Waals surface area (Å²) in [4.78, 5) is 13.0. The maximum Gasteiger partial charge on any atom is 0.256 e. The van der Waals surface area contributed by atoms with Crippen molar-refractivity contribution in [3.8, 4) is 5.69 Å². The third kappa shape index (κ3) is 3.58. The summed E-state index contributed by atoms with van der Waals surface area (Å²) in [5.74, 6) is -0.0786. The molecule has 150 valence electrons. The standard InChI is InChI=1S/C22H23N3O3S/c1-13-5-8-20(16(4)9-13)25-21(18-11-29(27,28)12-19(18)24-25)23-22(26)17-7-6-14(2)15(3)10-17/h5-10H,11-12H2,1-4H3,(H,23,26). The molecule has 1 amide bonds. The first-order chi connectivity index (χ1) is 13.6. The van der Waals surface area contributed by atoms with Gasteiger partial charge in [0.25, 0.3) is 5.91 Å². The van der Waals surface area contributed by atoms with Gasteiger partial charge >= 0.3 is 0 Å². The summed E-state index contributed by atoms with van der Waals surface area (Å²) in [6.45, 7) is 7.93. The molecule has 0 saturated heterocycles. The minimum absolute atomic E-state index is 0.104. The highest BCUT2D eigenvalue weighted by atomic mass is 32.2. The molecule has 4 rings (SSSR count). The fourth-order valence-electron chi connectivity index (χ4n) is 3.65.